The molecule has 0 radical (unpaired) electrons. The Balaban J connectivity index is 2.39. The first-order chi connectivity index (χ1) is 10.9. The van der Waals surface area contributed by atoms with Crippen molar-refractivity contribution in [1.29, 1.82) is 0 Å². The molecule has 0 spiro atoms. The van der Waals surface area contributed by atoms with Crippen LogP contribution in [0, 0.1) is 0 Å². The van der Waals surface area contributed by atoms with Crippen LogP contribution in [0.1, 0.15) is 64.5 Å². The molecule has 0 amide bonds. The van der Waals surface area contributed by atoms with Gasteiger partial charge >= 0.3 is 0 Å². The smallest absolute Gasteiger partial charge is 0.229 e. The minimum Gasteiger partial charge on any atom is -0.368 e. The number of rotatable bonds is 6. The number of benzene rings is 1. The number of hydrogen-bond donors (Lipinski definition) is 2. The monoisotopic (exact) mass is 312 g/mol. The number of aromatic nitrogens is 2. The van der Waals surface area contributed by atoms with Crippen LogP contribution in [-0.2, 0) is 0 Å². The summed E-state index contributed by atoms with van der Waals surface area (Å²) < 4.78 is 0. The van der Waals surface area contributed by atoms with Crippen molar-refractivity contribution >= 4 is 17.5 Å². The van der Waals surface area contributed by atoms with E-state index in [1.54, 1.807) is 6.20 Å². The Kier molecular flexibility index (Phi) is 5.59. The normalized spacial score (nSPS) is 11.3. The van der Waals surface area contributed by atoms with Gasteiger partial charge in [-0.1, -0.05) is 45.9 Å². The predicted molar refractivity (Wildman–Crippen MR) is 98.7 cm³/mol. The maximum atomic E-state index is 4.58. The fourth-order valence-electron chi connectivity index (χ4n) is 2.60. The topological polar surface area (TPSA) is 49.8 Å². The van der Waals surface area contributed by atoms with E-state index in [0.717, 1.165) is 11.5 Å². The summed E-state index contributed by atoms with van der Waals surface area (Å²) in [7, 11) is 0. The van der Waals surface area contributed by atoms with Gasteiger partial charge in [0.2, 0.25) is 5.95 Å². The Morgan fingerprint density at radius 3 is 2.00 bits per heavy atom. The van der Waals surface area contributed by atoms with Gasteiger partial charge < -0.3 is 10.6 Å². The van der Waals surface area contributed by atoms with Gasteiger partial charge in [0.05, 0.1) is 0 Å². The summed E-state index contributed by atoms with van der Waals surface area (Å²) in [5.41, 5.74) is 3.73. The van der Waals surface area contributed by atoms with E-state index < -0.39 is 0 Å². The van der Waals surface area contributed by atoms with Gasteiger partial charge in [-0.2, -0.15) is 4.98 Å². The zero-order valence-electron chi connectivity index (χ0n) is 15.0. The Morgan fingerprint density at radius 2 is 1.48 bits per heavy atom. The lowest BCUT2D eigenvalue weighted by atomic mass is 9.93. The Hall–Kier alpha value is -2.10. The molecule has 0 saturated heterocycles. The van der Waals surface area contributed by atoms with E-state index in [-0.39, 0.29) is 0 Å². The fourth-order valence-corrected chi connectivity index (χ4v) is 2.60. The first kappa shape index (κ1) is 17.3. The van der Waals surface area contributed by atoms with Crippen molar-refractivity contribution in [2.45, 2.75) is 59.4 Å². The molecule has 4 nitrogen and oxygen atoms in total. The SMILES string of the molecule is CC(C)Nc1ccnc(Nc2c(C(C)C)cccc2C(C)C)n1. The summed E-state index contributed by atoms with van der Waals surface area (Å²) in [6.07, 6.45) is 1.78. The second-order valence-corrected chi connectivity index (χ2v) is 6.81. The molecule has 1 heterocycles. The largest absolute Gasteiger partial charge is 0.368 e. The van der Waals surface area contributed by atoms with Crippen molar-refractivity contribution in [2.75, 3.05) is 10.6 Å². The first-order valence-corrected chi connectivity index (χ1v) is 8.38. The van der Waals surface area contributed by atoms with Gasteiger partial charge in [0.15, 0.2) is 0 Å². The lowest BCUT2D eigenvalue weighted by Gasteiger charge is -2.20. The van der Waals surface area contributed by atoms with Crippen molar-refractivity contribution in [2.24, 2.45) is 0 Å². The third-order valence-corrected chi connectivity index (χ3v) is 3.70. The summed E-state index contributed by atoms with van der Waals surface area (Å²) in [5, 5.41) is 6.77. The van der Waals surface area contributed by atoms with Gasteiger partial charge in [-0.3, -0.25) is 0 Å². The lowest BCUT2D eigenvalue weighted by Crippen LogP contribution is -2.12. The maximum absolute atomic E-state index is 4.58. The van der Waals surface area contributed by atoms with E-state index in [1.807, 2.05) is 6.07 Å². The molecule has 0 atom stereocenters. The van der Waals surface area contributed by atoms with Crippen molar-refractivity contribution < 1.29 is 0 Å². The molecule has 4 heteroatoms. The summed E-state index contributed by atoms with van der Waals surface area (Å²) in [5.74, 6) is 2.35. The highest BCUT2D eigenvalue weighted by Crippen LogP contribution is 2.33. The molecule has 2 N–H and O–H groups in total. The van der Waals surface area contributed by atoms with Crippen LogP contribution in [0.5, 0.6) is 0 Å². The molecular weight excluding hydrogens is 284 g/mol. The van der Waals surface area contributed by atoms with Crippen LogP contribution in [0.2, 0.25) is 0 Å². The molecule has 1 aromatic carbocycles. The second-order valence-electron chi connectivity index (χ2n) is 6.81. The van der Waals surface area contributed by atoms with Crippen molar-refractivity contribution in [3.05, 3.63) is 41.6 Å². The molecule has 23 heavy (non-hydrogen) atoms. The van der Waals surface area contributed by atoms with E-state index in [9.17, 15) is 0 Å². The molecule has 0 saturated carbocycles. The Bertz CT molecular complexity index is 621. The average molecular weight is 312 g/mol. The van der Waals surface area contributed by atoms with Crippen LogP contribution in [-0.4, -0.2) is 16.0 Å². The maximum Gasteiger partial charge on any atom is 0.229 e. The van der Waals surface area contributed by atoms with Crippen molar-refractivity contribution in [3.63, 3.8) is 0 Å². The number of anilines is 3. The quantitative estimate of drug-likeness (QED) is 0.761. The van der Waals surface area contributed by atoms with Crippen LogP contribution in [0.3, 0.4) is 0 Å². The minimum absolute atomic E-state index is 0.340. The molecule has 0 bridgehead atoms. The molecule has 0 aliphatic heterocycles. The molecule has 1 aromatic heterocycles. The van der Waals surface area contributed by atoms with E-state index >= 15 is 0 Å². The van der Waals surface area contributed by atoms with E-state index in [1.165, 1.54) is 11.1 Å². The zero-order valence-corrected chi connectivity index (χ0v) is 15.0. The van der Waals surface area contributed by atoms with E-state index in [0.29, 0.717) is 23.8 Å². The van der Waals surface area contributed by atoms with Gasteiger partial charge in [0.25, 0.3) is 0 Å². The summed E-state index contributed by atoms with van der Waals surface area (Å²) in [6, 6.07) is 8.72. The summed E-state index contributed by atoms with van der Waals surface area (Å²) in [6.45, 7) is 13.0. The molecule has 124 valence electrons. The van der Waals surface area contributed by atoms with E-state index in [4.69, 9.17) is 0 Å². The molecule has 0 fully saturated rings. The fraction of sp³-hybridized carbons (Fsp3) is 0.474. The van der Waals surface area contributed by atoms with Crippen LogP contribution in [0.25, 0.3) is 0 Å². The van der Waals surface area contributed by atoms with Gasteiger partial charge in [-0.15, -0.1) is 0 Å². The summed E-state index contributed by atoms with van der Waals surface area (Å²) in [4.78, 5) is 8.96. The molecule has 0 unspecified atom stereocenters. The van der Waals surface area contributed by atoms with Crippen molar-refractivity contribution in [1.82, 2.24) is 9.97 Å². The average Bonchev–Trinajstić information content (AvgIpc) is 2.46. The zero-order chi connectivity index (χ0) is 17.0. The number of nitrogens with one attached hydrogen (secondary N) is 2. The Morgan fingerprint density at radius 1 is 0.870 bits per heavy atom. The van der Waals surface area contributed by atoms with Gasteiger partial charge in [-0.25, -0.2) is 4.98 Å². The molecule has 2 aromatic rings. The molecular formula is C19H28N4. The van der Waals surface area contributed by atoms with E-state index in [2.05, 4.69) is 80.3 Å². The molecule has 2 rings (SSSR count). The predicted octanol–water partition coefficient (Wildman–Crippen LogP) is 5.29. The van der Waals surface area contributed by atoms with Crippen molar-refractivity contribution in [3.8, 4) is 0 Å². The molecule has 0 aliphatic rings. The highest BCUT2D eigenvalue weighted by Gasteiger charge is 2.14. The van der Waals surface area contributed by atoms with Crippen LogP contribution in [0.15, 0.2) is 30.5 Å². The van der Waals surface area contributed by atoms with Gasteiger partial charge in [-0.05, 0) is 42.9 Å². The second kappa shape index (κ2) is 7.44. The van der Waals surface area contributed by atoms with Gasteiger partial charge in [0, 0.05) is 17.9 Å². The lowest BCUT2D eigenvalue weighted by molar-refractivity contribution is 0.837. The van der Waals surface area contributed by atoms with Crippen LogP contribution < -0.4 is 10.6 Å². The summed E-state index contributed by atoms with van der Waals surface area (Å²) >= 11 is 0. The Labute approximate surface area is 139 Å². The first-order valence-electron chi connectivity index (χ1n) is 8.38. The number of para-hydroxylation sites is 1. The highest BCUT2D eigenvalue weighted by molar-refractivity contribution is 5.65. The third-order valence-electron chi connectivity index (χ3n) is 3.70. The number of hydrogen-bond acceptors (Lipinski definition) is 4. The minimum atomic E-state index is 0.340. The standard InChI is InChI=1S/C19H28N4/c1-12(2)15-8-7-9-16(13(3)4)18(15)23-19-20-11-10-17(22-19)21-14(5)6/h7-14H,1-6H3,(H2,20,21,22,23). The van der Waals surface area contributed by atoms with Gasteiger partial charge in [0.1, 0.15) is 5.82 Å². The third kappa shape index (κ3) is 4.44. The van der Waals surface area contributed by atoms with Crippen LogP contribution >= 0.6 is 0 Å². The van der Waals surface area contributed by atoms with Crippen LogP contribution in [0.4, 0.5) is 17.5 Å². The molecule has 0 aliphatic carbocycles. The highest BCUT2D eigenvalue weighted by atomic mass is 15.1. The number of nitrogens with zero attached hydrogens (tertiary/aromatic N) is 2.